The fourth-order valence-corrected chi connectivity index (χ4v) is 3.49. The second kappa shape index (κ2) is 7.16. The predicted molar refractivity (Wildman–Crippen MR) is 101 cm³/mol. The predicted octanol–water partition coefficient (Wildman–Crippen LogP) is 3.95. The second-order valence-electron chi connectivity index (χ2n) is 6.76. The summed E-state index contributed by atoms with van der Waals surface area (Å²) in [6.07, 6.45) is 1.40. The van der Waals surface area contributed by atoms with Gasteiger partial charge in [-0.1, -0.05) is 42.5 Å². The molecular weight excluding hydrogens is 341 g/mol. The quantitative estimate of drug-likeness (QED) is 0.717. The van der Waals surface area contributed by atoms with Crippen LogP contribution in [0.4, 0.5) is 4.39 Å². The number of halogens is 1. The molecule has 3 nitrogen and oxygen atoms in total. The van der Waals surface area contributed by atoms with Crippen molar-refractivity contribution in [3.05, 3.63) is 106 Å². The van der Waals surface area contributed by atoms with Crippen LogP contribution >= 0.6 is 0 Å². The molecule has 0 saturated heterocycles. The Morgan fingerprint density at radius 1 is 0.778 bits per heavy atom. The van der Waals surface area contributed by atoms with Crippen molar-refractivity contribution in [1.82, 2.24) is 5.32 Å². The van der Waals surface area contributed by atoms with Crippen LogP contribution in [0.2, 0.25) is 0 Å². The van der Waals surface area contributed by atoms with Crippen LogP contribution in [-0.4, -0.2) is 17.7 Å². The maximum atomic E-state index is 13.0. The molecule has 0 saturated carbocycles. The minimum atomic E-state index is -0.365. The molecule has 1 aliphatic rings. The summed E-state index contributed by atoms with van der Waals surface area (Å²) in [5, 5.41) is 3.00. The zero-order valence-corrected chi connectivity index (χ0v) is 14.6. The highest BCUT2D eigenvalue weighted by Crippen LogP contribution is 2.25. The first-order chi connectivity index (χ1) is 13.1. The van der Waals surface area contributed by atoms with Gasteiger partial charge in [0.25, 0.3) is 5.91 Å². The van der Waals surface area contributed by atoms with Crippen LogP contribution < -0.4 is 5.32 Å². The van der Waals surface area contributed by atoms with Crippen LogP contribution in [0, 0.1) is 5.82 Å². The molecular formula is C23H18FNO2. The van der Waals surface area contributed by atoms with E-state index in [9.17, 15) is 14.0 Å². The van der Waals surface area contributed by atoms with E-state index in [1.807, 2.05) is 36.4 Å². The van der Waals surface area contributed by atoms with Gasteiger partial charge in [0, 0.05) is 22.7 Å². The van der Waals surface area contributed by atoms with Crippen LogP contribution in [0.1, 0.15) is 37.4 Å². The first-order valence-corrected chi connectivity index (χ1v) is 8.88. The molecule has 1 aliphatic carbocycles. The Labute approximate surface area is 156 Å². The van der Waals surface area contributed by atoms with Crippen molar-refractivity contribution >= 4 is 11.7 Å². The molecule has 134 valence electrons. The molecule has 0 radical (unpaired) electrons. The second-order valence-corrected chi connectivity index (χ2v) is 6.76. The van der Waals surface area contributed by atoms with Gasteiger partial charge in [0.2, 0.25) is 0 Å². The van der Waals surface area contributed by atoms with Gasteiger partial charge in [-0.2, -0.15) is 0 Å². The highest BCUT2D eigenvalue weighted by atomic mass is 19.1. The Hall–Kier alpha value is -3.27. The smallest absolute Gasteiger partial charge is 0.251 e. The summed E-state index contributed by atoms with van der Waals surface area (Å²) < 4.78 is 13.0. The van der Waals surface area contributed by atoms with Crippen molar-refractivity contribution in [2.45, 2.75) is 18.9 Å². The van der Waals surface area contributed by atoms with Gasteiger partial charge < -0.3 is 5.32 Å². The molecule has 0 fully saturated rings. The number of hydrogen-bond acceptors (Lipinski definition) is 2. The summed E-state index contributed by atoms with van der Waals surface area (Å²) in [5.74, 6) is -0.582. The van der Waals surface area contributed by atoms with Crippen LogP contribution in [-0.2, 0) is 12.8 Å². The monoisotopic (exact) mass is 359 g/mol. The van der Waals surface area contributed by atoms with E-state index in [0.717, 1.165) is 17.5 Å². The molecule has 1 unspecified atom stereocenters. The number of fused-ring (bicyclic) bond motifs is 1. The molecule has 3 aromatic carbocycles. The lowest BCUT2D eigenvalue weighted by Gasteiger charge is -2.12. The van der Waals surface area contributed by atoms with Crippen molar-refractivity contribution in [1.29, 1.82) is 0 Å². The van der Waals surface area contributed by atoms with Crippen LogP contribution in [0.25, 0.3) is 0 Å². The van der Waals surface area contributed by atoms with Crippen LogP contribution in [0.5, 0.6) is 0 Å². The lowest BCUT2D eigenvalue weighted by atomic mass is 9.99. The van der Waals surface area contributed by atoms with Gasteiger partial charge in [0.15, 0.2) is 5.78 Å². The zero-order chi connectivity index (χ0) is 18.8. The van der Waals surface area contributed by atoms with E-state index in [2.05, 4.69) is 5.32 Å². The van der Waals surface area contributed by atoms with E-state index in [0.29, 0.717) is 23.1 Å². The molecule has 0 heterocycles. The van der Waals surface area contributed by atoms with E-state index in [-0.39, 0.29) is 23.5 Å². The first kappa shape index (κ1) is 17.2. The molecule has 1 amide bonds. The number of carbonyl (C=O) groups excluding carboxylic acids is 2. The number of amides is 1. The van der Waals surface area contributed by atoms with Crippen molar-refractivity contribution < 1.29 is 14.0 Å². The standard InChI is InChI=1S/C23H18FNO2/c24-20-10-8-16(9-11-20)23(27)25-21-13-17-6-7-18(12-19(17)14-21)22(26)15-4-2-1-3-5-15/h1-12,21H,13-14H2,(H,25,27). The Balaban J connectivity index is 1.47. The van der Waals surface area contributed by atoms with Crippen molar-refractivity contribution in [3.63, 3.8) is 0 Å². The maximum absolute atomic E-state index is 13.0. The number of hydrogen-bond donors (Lipinski definition) is 1. The minimum absolute atomic E-state index is 0.00259. The summed E-state index contributed by atoms with van der Waals surface area (Å²) in [5.41, 5.74) is 3.99. The summed E-state index contributed by atoms with van der Waals surface area (Å²) >= 11 is 0. The van der Waals surface area contributed by atoms with Gasteiger partial charge in [0.05, 0.1) is 0 Å². The molecule has 0 spiro atoms. The zero-order valence-electron chi connectivity index (χ0n) is 14.6. The third kappa shape index (κ3) is 3.65. The highest BCUT2D eigenvalue weighted by Gasteiger charge is 2.24. The van der Waals surface area contributed by atoms with Gasteiger partial charge in [0.1, 0.15) is 5.82 Å². The van der Waals surface area contributed by atoms with Gasteiger partial charge in [-0.05, 0) is 54.3 Å². The summed E-state index contributed by atoms with van der Waals surface area (Å²) in [6.45, 7) is 0. The van der Waals surface area contributed by atoms with Gasteiger partial charge in [-0.25, -0.2) is 4.39 Å². The fourth-order valence-electron chi connectivity index (χ4n) is 3.49. The Morgan fingerprint density at radius 2 is 1.44 bits per heavy atom. The van der Waals surface area contributed by atoms with E-state index >= 15 is 0 Å². The van der Waals surface area contributed by atoms with E-state index in [1.165, 1.54) is 24.3 Å². The Bertz CT molecular complexity index is 997. The third-order valence-electron chi connectivity index (χ3n) is 4.88. The maximum Gasteiger partial charge on any atom is 0.251 e. The minimum Gasteiger partial charge on any atom is -0.349 e. The van der Waals surface area contributed by atoms with Gasteiger partial charge in [-0.15, -0.1) is 0 Å². The molecule has 4 heteroatoms. The van der Waals surface area contributed by atoms with E-state index < -0.39 is 0 Å². The molecule has 4 rings (SSSR count). The number of carbonyl (C=O) groups is 2. The van der Waals surface area contributed by atoms with Crippen molar-refractivity contribution in [2.75, 3.05) is 0 Å². The molecule has 1 N–H and O–H groups in total. The fraction of sp³-hybridized carbons (Fsp3) is 0.130. The molecule has 0 aliphatic heterocycles. The van der Waals surface area contributed by atoms with Crippen LogP contribution in [0.3, 0.4) is 0 Å². The largest absolute Gasteiger partial charge is 0.349 e. The normalized spacial score (nSPS) is 15.2. The number of ketones is 1. The lowest BCUT2D eigenvalue weighted by Crippen LogP contribution is -2.35. The van der Waals surface area contributed by atoms with Crippen molar-refractivity contribution in [3.8, 4) is 0 Å². The number of nitrogens with one attached hydrogen (secondary N) is 1. The average Bonchev–Trinajstić information content (AvgIpc) is 3.10. The topological polar surface area (TPSA) is 46.2 Å². The average molecular weight is 359 g/mol. The van der Waals surface area contributed by atoms with E-state index in [4.69, 9.17) is 0 Å². The molecule has 0 aromatic heterocycles. The third-order valence-corrected chi connectivity index (χ3v) is 4.88. The molecule has 1 atom stereocenters. The van der Waals surface area contributed by atoms with Crippen LogP contribution in [0.15, 0.2) is 72.8 Å². The summed E-state index contributed by atoms with van der Waals surface area (Å²) in [6, 6.07) is 20.4. The number of benzene rings is 3. The Kier molecular flexibility index (Phi) is 4.55. The molecule has 3 aromatic rings. The molecule has 27 heavy (non-hydrogen) atoms. The van der Waals surface area contributed by atoms with Crippen molar-refractivity contribution in [2.24, 2.45) is 0 Å². The number of rotatable bonds is 4. The SMILES string of the molecule is O=C(NC1Cc2ccc(C(=O)c3ccccc3)cc2C1)c1ccc(F)cc1. The van der Waals surface area contributed by atoms with E-state index in [1.54, 1.807) is 12.1 Å². The lowest BCUT2D eigenvalue weighted by molar-refractivity contribution is 0.0937. The first-order valence-electron chi connectivity index (χ1n) is 8.88. The van der Waals surface area contributed by atoms with Gasteiger partial charge >= 0.3 is 0 Å². The Morgan fingerprint density at radius 3 is 2.19 bits per heavy atom. The summed E-state index contributed by atoms with van der Waals surface area (Å²) in [7, 11) is 0. The summed E-state index contributed by atoms with van der Waals surface area (Å²) in [4.78, 5) is 25.0. The highest BCUT2D eigenvalue weighted by molar-refractivity contribution is 6.09. The van der Waals surface area contributed by atoms with Gasteiger partial charge in [-0.3, -0.25) is 9.59 Å². The molecule has 0 bridgehead atoms.